The highest BCUT2D eigenvalue weighted by Crippen LogP contribution is 2.33. The quantitative estimate of drug-likeness (QED) is 0.454. The third kappa shape index (κ3) is 4.21. The Kier molecular flexibility index (Phi) is 5.98. The van der Waals surface area contributed by atoms with Crippen molar-refractivity contribution in [2.45, 2.75) is 64.8 Å². The van der Waals surface area contributed by atoms with Crippen LogP contribution in [-0.4, -0.2) is 22.0 Å². The topological polar surface area (TPSA) is 38.1 Å². The molecule has 1 atom stereocenters. The van der Waals surface area contributed by atoms with E-state index in [-0.39, 0.29) is 11.8 Å². The van der Waals surface area contributed by atoms with Crippen LogP contribution in [0.25, 0.3) is 11.0 Å². The minimum Gasteiger partial charge on any atom is -0.328 e. The monoisotopic (exact) mass is 389 g/mol. The first kappa shape index (κ1) is 19.7. The second-order valence-corrected chi connectivity index (χ2v) is 8.27. The average Bonchev–Trinajstić information content (AvgIpc) is 3.28. The number of hydrogen-bond acceptors (Lipinski definition) is 2. The maximum atomic E-state index is 12.8. The molecule has 29 heavy (non-hydrogen) atoms. The molecule has 152 valence electrons. The fourth-order valence-electron chi connectivity index (χ4n) is 4.44. The lowest BCUT2D eigenvalue weighted by Gasteiger charge is -2.18. The molecule has 1 aliphatic heterocycles. The van der Waals surface area contributed by atoms with Crippen molar-refractivity contribution in [1.82, 2.24) is 9.55 Å². The van der Waals surface area contributed by atoms with Gasteiger partial charge in [-0.05, 0) is 43.2 Å². The first-order valence-corrected chi connectivity index (χ1v) is 11.0. The minimum atomic E-state index is 0.144. The van der Waals surface area contributed by atoms with E-state index in [1.54, 1.807) is 0 Å². The Balaban J connectivity index is 1.58. The van der Waals surface area contributed by atoms with Gasteiger partial charge in [-0.25, -0.2) is 4.98 Å². The average molecular weight is 390 g/mol. The molecule has 0 unspecified atom stereocenters. The van der Waals surface area contributed by atoms with Gasteiger partial charge in [0.05, 0.1) is 11.0 Å². The van der Waals surface area contributed by atoms with Crippen molar-refractivity contribution in [1.29, 1.82) is 0 Å². The predicted octanol–water partition coefficient (Wildman–Crippen LogP) is 5.84. The van der Waals surface area contributed by atoms with E-state index in [0.29, 0.717) is 13.0 Å². The molecule has 0 radical (unpaired) electrons. The summed E-state index contributed by atoms with van der Waals surface area (Å²) in [6, 6.07) is 16.6. The summed E-state index contributed by atoms with van der Waals surface area (Å²) in [6.45, 7) is 6.01. The third-order valence-corrected chi connectivity index (χ3v) is 5.97. The summed E-state index contributed by atoms with van der Waals surface area (Å²) in [6.07, 6.45) is 6.81. The van der Waals surface area contributed by atoms with Crippen LogP contribution in [0.3, 0.4) is 0 Å². The highest BCUT2D eigenvalue weighted by Gasteiger charge is 2.34. The molecule has 0 aliphatic carbocycles. The van der Waals surface area contributed by atoms with Crippen LogP contribution in [0.5, 0.6) is 0 Å². The lowest BCUT2D eigenvalue weighted by atomic mass is 10.1. The van der Waals surface area contributed by atoms with Gasteiger partial charge in [0.15, 0.2) is 0 Å². The van der Waals surface area contributed by atoms with Crippen LogP contribution in [-0.2, 0) is 11.3 Å². The molecule has 1 aromatic heterocycles. The van der Waals surface area contributed by atoms with Crippen LogP contribution in [0.15, 0.2) is 48.5 Å². The zero-order valence-electron chi connectivity index (χ0n) is 17.6. The van der Waals surface area contributed by atoms with Crippen LogP contribution < -0.4 is 4.90 Å². The number of carbonyl (C=O) groups excluding carboxylic acids is 1. The number of rotatable bonds is 8. The number of benzene rings is 2. The van der Waals surface area contributed by atoms with Gasteiger partial charge < -0.3 is 9.47 Å². The first-order chi connectivity index (χ1) is 14.2. The molecule has 2 heterocycles. The molecule has 0 N–H and O–H groups in total. The number of fused-ring (bicyclic) bond motifs is 1. The van der Waals surface area contributed by atoms with Crippen LogP contribution in [0.2, 0.25) is 0 Å². The minimum absolute atomic E-state index is 0.144. The molecule has 1 saturated heterocycles. The molecule has 0 bridgehead atoms. The van der Waals surface area contributed by atoms with Crippen molar-refractivity contribution in [2.75, 3.05) is 11.4 Å². The standard InChI is InChI=1S/C25H31N3O/c1-3-4-5-6-9-15-27-23-14-8-7-13-22(23)26-25(27)20-17-24(29)28(18-20)21-12-10-11-19(2)16-21/h7-8,10-14,16,20H,3-6,9,15,17-18H2,1-2H3/t20-/m1/s1. The van der Waals surface area contributed by atoms with E-state index in [4.69, 9.17) is 4.98 Å². The van der Waals surface area contributed by atoms with Gasteiger partial charge in [0, 0.05) is 31.1 Å². The molecule has 1 aliphatic rings. The molecule has 4 nitrogen and oxygen atoms in total. The summed E-state index contributed by atoms with van der Waals surface area (Å²) in [7, 11) is 0. The number of aromatic nitrogens is 2. The number of amides is 1. The van der Waals surface area contributed by atoms with Gasteiger partial charge in [-0.1, -0.05) is 56.9 Å². The lowest BCUT2D eigenvalue weighted by molar-refractivity contribution is -0.117. The van der Waals surface area contributed by atoms with E-state index in [1.807, 2.05) is 23.1 Å². The van der Waals surface area contributed by atoms with E-state index < -0.39 is 0 Å². The van der Waals surface area contributed by atoms with E-state index in [1.165, 1.54) is 36.8 Å². The molecular formula is C25H31N3O. The summed E-state index contributed by atoms with van der Waals surface area (Å²) in [5.74, 6) is 1.42. The summed E-state index contributed by atoms with van der Waals surface area (Å²) < 4.78 is 2.37. The highest BCUT2D eigenvalue weighted by molar-refractivity contribution is 5.96. The molecule has 3 aromatic rings. The van der Waals surface area contributed by atoms with E-state index in [9.17, 15) is 4.79 Å². The van der Waals surface area contributed by atoms with Crippen molar-refractivity contribution in [3.05, 3.63) is 59.9 Å². The fraction of sp³-hybridized carbons (Fsp3) is 0.440. The van der Waals surface area contributed by atoms with Gasteiger partial charge in [-0.3, -0.25) is 4.79 Å². The van der Waals surface area contributed by atoms with Gasteiger partial charge in [0.2, 0.25) is 5.91 Å². The number of hydrogen-bond donors (Lipinski definition) is 0. The zero-order chi connectivity index (χ0) is 20.2. The van der Waals surface area contributed by atoms with Gasteiger partial charge in [-0.15, -0.1) is 0 Å². The van der Waals surface area contributed by atoms with Crippen molar-refractivity contribution < 1.29 is 4.79 Å². The van der Waals surface area contributed by atoms with Gasteiger partial charge in [0.1, 0.15) is 5.82 Å². The van der Waals surface area contributed by atoms with Crippen LogP contribution in [0, 0.1) is 6.92 Å². The predicted molar refractivity (Wildman–Crippen MR) is 119 cm³/mol. The largest absolute Gasteiger partial charge is 0.328 e. The molecule has 0 spiro atoms. The summed E-state index contributed by atoms with van der Waals surface area (Å²) >= 11 is 0. The fourth-order valence-corrected chi connectivity index (χ4v) is 4.44. The van der Waals surface area contributed by atoms with Gasteiger partial charge in [0.25, 0.3) is 0 Å². The number of aryl methyl sites for hydroxylation is 2. The smallest absolute Gasteiger partial charge is 0.227 e. The number of para-hydroxylation sites is 2. The van der Waals surface area contributed by atoms with Crippen LogP contribution >= 0.6 is 0 Å². The van der Waals surface area contributed by atoms with Crippen molar-refractivity contribution in [3.8, 4) is 0 Å². The molecular weight excluding hydrogens is 358 g/mol. The van der Waals surface area contributed by atoms with E-state index in [0.717, 1.165) is 30.0 Å². The van der Waals surface area contributed by atoms with E-state index >= 15 is 0 Å². The van der Waals surface area contributed by atoms with E-state index in [2.05, 4.69) is 48.7 Å². The number of imidazole rings is 1. The number of anilines is 1. The Morgan fingerprint density at radius 3 is 2.69 bits per heavy atom. The molecule has 4 heteroatoms. The summed E-state index contributed by atoms with van der Waals surface area (Å²) in [5, 5.41) is 0. The van der Waals surface area contributed by atoms with Crippen molar-refractivity contribution >= 4 is 22.6 Å². The molecule has 0 saturated carbocycles. The van der Waals surface area contributed by atoms with Gasteiger partial charge >= 0.3 is 0 Å². The van der Waals surface area contributed by atoms with Crippen LogP contribution in [0.4, 0.5) is 5.69 Å². The second kappa shape index (κ2) is 8.81. The van der Waals surface area contributed by atoms with Crippen molar-refractivity contribution in [3.63, 3.8) is 0 Å². The Bertz CT molecular complexity index is 991. The normalized spacial score (nSPS) is 16.8. The highest BCUT2D eigenvalue weighted by atomic mass is 16.2. The molecule has 2 aromatic carbocycles. The van der Waals surface area contributed by atoms with Crippen molar-refractivity contribution in [2.24, 2.45) is 0 Å². The lowest BCUT2D eigenvalue weighted by Crippen LogP contribution is -2.24. The number of carbonyl (C=O) groups is 1. The zero-order valence-corrected chi connectivity index (χ0v) is 17.6. The first-order valence-electron chi connectivity index (χ1n) is 11.0. The second-order valence-electron chi connectivity index (χ2n) is 8.27. The van der Waals surface area contributed by atoms with Gasteiger partial charge in [-0.2, -0.15) is 0 Å². The summed E-state index contributed by atoms with van der Waals surface area (Å²) in [4.78, 5) is 19.7. The maximum Gasteiger partial charge on any atom is 0.227 e. The Labute approximate surface area is 173 Å². The SMILES string of the molecule is CCCCCCCn1c([C@@H]2CC(=O)N(c3cccc(C)c3)C2)nc2ccccc21. The Hall–Kier alpha value is -2.62. The molecule has 1 fully saturated rings. The van der Waals surface area contributed by atoms with Crippen LogP contribution in [0.1, 0.15) is 62.8 Å². The number of unbranched alkanes of at least 4 members (excludes halogenated alkanes) is 4. The Morgan fingerprint density at radius 2 is 1.86 bits per heavy atom. The molecule has 1 amide bonds. The number of nitrogens with zero attached hydrogens (tertiary/aromatic N) is 3. The maximum absolute atomic E-state index is 12.8. The Morgan fingerprint density at radius 1 is 1.03 bits per heavy atom. The molecule has 4 rings (SSSR count). The third-order valence-electron chi connectivity index (χ3n) is 5.97. The summed E-state index contributed by atoms with van der Waals surface area (Å²) in [5.41, 5.74) is 4.41.